The van der Waals surface area contributed by atoms with Crippen molar-refractivity contribution >= 4 is 11.8 Å². The summed E-state index contributed by atoms with van der Waals surface area (Å²) in [5.41, 5.74) is -0.0559. The molecule has 1 aliphatic heterocycles. The standard InChI is InChI=1S/C13H13N3O4/c14-9-10-5-7-15(8-6-10)13(17)20-12-3-1-11(2-4-12)16(18)19/h1-4,10H,5-8H2. The summed E-state index contributed by atoms with van der Waals surface area (Å²) in [6.07, 6.45) is 0.799. The second-order valence-corrected chi connectivity index (χ2v) is 4.51. The quantitative estimate of drug-likeness (QED) is 0.609. The van der Waals surface area contributed by atoms with Crippen LogP contribution in [0.15, 0.2) is 24.3 Å². The number of carbonyl (C=O) groups excluding carboxylic acids is 1. The second kappa shape index (κ2) is 6.02. The first-order valence-corrected chi connectivity index (χ1v) is 6.21. The highest BCUT2D eigenvalue weighted by molar-refractivity contribution is 5.70. The summed E-state index contributed by atoms with van der Waals surface area (Å²) < 4.78 is 5.14. The number of non-ortho nitro benzene ring substituents is 1. The van der Waals surface area contributed by atoms with Gasteiger partial charge in [0.2, 0.25) is 0 Å². The van der Waals surface area contributed by atoms with E-state index < -0.39 is 11.0 Å². The zero-order chi connectivity index (χ0) is 14.5. The minimum absolute atomic E-state index is 0.00146. The van der Waals surface area contributed by atoms with E-state index in [1.54, 1.807) is 0 Å². The van der Waals surface area contributed by atoms with Crippen LogP contribution in [0.3, 0.4) is 0 Å². The number of amides is 1. The van der Waals surface area contributed by atoms with Crippen molar-refractivity contribution in [1.29, 1.82) is 5.26 Å². The van der Waals surface area contributed by atoms with Gasteiger partial charge in [-0.3, -0.25) is 10.1 Å². The summed E-state index contributed by atoms with van der Waals surface area (Å²) in [5.74, 6) is 0.265. The minimum atomic E-state index is -0.516. The molecule has 0 spiro atoms. The monoisotopic (exact) mass is 275 g/mol. The smallest absolute Gasteiger partial charge is 0.410 e. The number of piperidine rings is 1. The Morgan fingerprint density at radius 3 is 2.45 bits per heavy atom. The molecule has 1 aromatic carbocycles. The summed E-state index contributed by atoms with van der Waals surface area (Å²) in [6, 6.07) is 7.53. The molecule has 1 heterocycles. The highest BCUT2D eigenvalue weighted by atomic mass is 16.6. The Morgan fingerprint density at radius 2 is 1.95 bits per heavy atom. The van der Waals surface area contributed by atoms with Crippen LogP contribution >= 0.6 is 0 Å². The van der Waals surface area contributed by atoms with Crippen molar-refractivity contribution in [1.82, 2.24) is 4.90 Å². The van der Waals surface area contributed by atoms with E-state index in [4.69, 9.17) is 10.00 Å². The Bertz CT molecular complexity index is 542. The van der Waals surface area contributed by atoms with Crippen molar-refractivity contribution in [3.05, 3.63) is 34.4 Å². The third kappa shape index (κ3) is 3.23. The molecule has 1 aromatic rings. The van der Waals surface area contributed by atoms with Crippen LogP contribution < -0.4 is 4.74 Å². The second-order valence-electron chi connectivity index (χ2n) is 4.51. The van der Waals surface area contributed by atoms with E-state index in [2.05, 4.69) is 6.07 Å². The van der Waals surface area contributed by atoms with Crippen LogP contribution in [0.1, 0.15) is 12.8 Å². The topological polar surface area (TPSA) is 96.5 Å². The van der Waals surface area contributed by atoms with Crippen LogP contribution in [0, 0.1) is 27.4 Å². The Morgan fingerprint density at radius 1 is 1.35 bits per heavy atom. The van der Waals surface area contributed by atoms with Gasteiger partial charge in [-0.15, -0.1) is 0 Å². The fourth-order valence-corrected chi connectivity index (χ4v) is 1.99. The molecule has 0 saturated carbocycles. The lowest BCUT2D eigenvalue weighted by atomic mass is 9.99. The van der Waals surface area contributed by atoms with Gasteiger partial charge < -0.3 is 9.64 Å². The number of carbonyl (C=O) groups is 1. The number of rotatable bonds is 2. The highest BCUT2D eigenvalue weighted by Gasteiger charge is 2.23. The molecule has 7 heteroatoms. The Kier molecular flexibility index (Phi) is 4.15. The molecule has 2 rings (SSSR count). The SMILES string of the molecule is N#CC1CCN(C(=O)Oc2ccc([N+](=O)[O-])cc2)CC1. The zero-order valence-corrected chi connectivity index (χ0v) is 10.7. The van der Waals surface area contributed by atoms with Gasteiger partial charge in [-0.25, -0.2) is 4.79 Å². The van der Waals surface area contributed by atoms with Crippen LogP contribution in [0.4, 0.5) is 10.5 Å². The van der Waals surface area contributed by atoms with Gasteiger partial charge >= 0.3 is 6.09 Å². The van der Waals surface area contributed by atoms with Crippen LogP contribution in [-0.2, 0) is 0 Å². The maximum absolute atomic E-state index is 11.9. The van der Waals surface area contributed by atoms with Gasteiger partial charge in [0.15, 0.2) is 0 Å². The van der Waals surface area contributed by atoms with Crippen molar-refractivity contribution in [3.8, 4) is 11.8 Å². The van der Waals surface area contributed by atoms with Crippen molar-refractivity contribution in [2.75, 3.05) is 13.1 Å². The maximum atomic E-state index is 11.9. The number of benzene rings is 1. The fourth-order valence-electron chi connectivity index (χ4n) is 1.99. The van der Waals surface area contributed by atoms with Gasteiger partial charge in [0, 0.05) is 31.1 Å². The molecule has 0 bridgehead atoms. The number of likely N-dealkylation sites (tertiary alicyclic amines) is 1. The van der Waals surface area contributed by atoms with Gasteiger partial charge in [-0.05, 0) is 25.0 Å². The third-order valence-electron chi connectivity index (χ3n) is 3.19. The first-order valence-electron chi connectivity index (χ1n) is 6.21. The van der Waals surface area contributed by atoms with E-state index in [-0.39, 0.29) is 17.4 Å². The van der Waals surface area contributed by atoms with E-state index >= 15 is 0 Å². The molecule has 0 radical (unpaired) electrons. The van der Waals surface area contributed by atoms with Crippen molar-refractivity contribution in [3.63, 3.8) is 0 Å². The van der Waals surface area contributed by atoms with E-state index in [0.29, 0.717) is 25.9 Å². The molecule has 0 unspecified atom stereocenters. The first kappa shape index (κ1) is 13.8. The summed E-state index contributed by atoms with van der Waals surface area (Å²) >= 11 is 0. The largest absolute Gasteiger partial charge is 0.415 e. The lowest BCUT2D eigenvalue weighted by Gasteiger charge is -2.28. The Hall–Kier alpha value is -2.62. The average Bonchev–Trinajstić information content (AvgIpc) is 2.48. The van der Waals surface area contributed by atoms with Crippen molar-refractivity contribution in [2.45, 2.75) is 12.8 Å². The zero-order valence-electron chi connectivity index (χ0n) is 10.7. The predicted octanol–water partition coefficient (Wildman–Crippen LogP) is 2.33. The van der Waals surface area contributed by atoms with Gasteiger partial charge in [-0.1, -0.05) is 0 Å². The number of nitro benzene ring substituents is 1. The number of nitro groups is 1. The molecule has 0 aromatic heterocycles. The molecule has 0 atom stereocenters. The van der Waals surface area contributed by atoms with Crippen molar-refractivity contribution in [2.24, 2.45) is 5.92 Å². The highest BCUT2D eigenvalue weighted by Crippen LogP contribution is 2.20. The van der Waals surface area contributed by atoms with Crippen LogP contribution in [-0.4, -0.2) is 29.0 Å². The lowest BCUT2D eigenvalue weighted by molar-refractivity contribution is -0.384. The molecule has 1 aliphatic rings. The normalized spacial score (nSPS) is 15.4. The number of hydrogen-bond donors (Lipinski definition) is 0. The Labute approximate surface area is 115 Å². The van der Waals surface area contributed by atoms with Gasteiger partial charge in [0.25, 0.3) is 5.69 Å². The van der Waals surface area contributed by atoms with E-state index in [9.17, 15) is 14.9 Å². The van der Waals surface area contributed by atoms with Crippen molar-refractivity contribution < 1.29 is 14.5 Å². The third-order valence-corrected chi connectivity index (χ3v) is 3.19. The maximum Gasteiger partial charge on any atom is 0.415 e. The van der Waals surface area contributed by atoms with Crippen LogP contribution in [0.25, 0.3) is 0 Å². The predicted molar refractivity (Wildman–Crippen MR) is 69.0 cm³/mol. The summed E-state index contributed by atoms with van der Waals surface area (Å²) in [7, 11) is 0. The van der Waals surface area contributed by atoms with Crippen LogP contribution in [0.5, 0.6) is 5.75 Å². The molecule has 1 amide bonds. The molecule has 20 heavy (non-hydrogen) atoms. The molecular formula is C13H13N3O4. The summed E-state index contributed by atoms with van der Waals surface area (Å²) in [6.45, 7) is 0.980. The number of hydrogen-bond acceptors (Lipinski definition) is 5. The molecule has 1 saturated heterocycles. The molecule has 0 N–H and O–H groups in total. The van der Waals surface area contributed by atoms with E-state index in [0.717, 1.165) is 0 Å². The number of nitriles is 1. The molecular weight excluding hydrogens is 262 g/mol. The molecule has 1 fully saturated rings. The fraction of sp³-hybridized carbons (Fsp3) is 0.385. The summed E-state index contributed by atoms with van der Waals surface area (Å²) in [5, 5.41) is 19.3. The Balaban J connectivity index is 1.92. The molecule has 7 nitrogen and oxygen atoms in total. The van der Waals surface area contributed by atoms with Gasteiger partial charge in [0.05, 0.1) is 11.0 Å². The van der Waals surface area contributed by atoms with Gasteiger partial charge in [-0.2, -0.15) is 5.26 Å². The minimum Gasteiger partial charge on any atom is -0.410 e. The van der Waals surface area contributed by atoms with E-state index in [1.807, 2.05) is 0 Å². The number of ether oxygens (including phenoxy) is 1. The first-order chi connectivity index (χ1) is 9.60. The number of nitrogens with zero attached hydrogens (tertiary/aromatic N) is 3. The lowest BCUT2D eigenvalue weighted by Crippen LogP contribution is -2.39. The summed E-state index contributed by atoms with van der Waals surface area (Å²) in [4.78, 5) is 23.4. The molecule has 104 valence electrons. The van der Waals surface area contributed by atoms with Gasteiger partial charge in [0.1, 0.15) is 5.75 Å². The van der Waals surface area contributed by atoms with Crippen LogP contribution in [0.2, 0.25) is 0 Å². The average molecular weight is 275 g/mol. The van der Waals surface area contributed by atoms with E-state index in [1.165, 1.54) is 29.2 Å². The molecule has 0 aliphatic carbocycles.